The van der Waals surface area contributed by atoms with Gasteiger partial charge in [0.15, 0.2) is 17.3 Å². The fourth-order valence-corrected chi connectivity index (χ4v) is 1.06. The van der Waals surface area contributed by atoms with Gasteiger partial charge in [0.1, 0.15) is 0 Å². The second kappa shape index (κ2) is 3.22. The van der Waals surface area contributed by atoms with Crippen molar-refractivity contribution in [3.8, 4) is 11.5 Å². The molecule has 5 heteroatoms. The molecule has 0 aliphatic rings. The zero-order valence-corrected chi connectivity index (χ0v) is 7.39. The summed E-state index contributed by atoms with van der Waals surface area (Å²) in [5, 5.41) is 17.7. The number of Topliss-reactive ketones (excluding diaryl/α,β-unsaturated/α-hetero) is 1. The van der Waals surface area contributed by atoms with Crippen LogP contribution < -0.4 is 0 Å². The van der Waals surface area contributed by atoms with Crippen LogP contribution in [0.5, 0.6) is 11.5 Å². The van der Waals surface area contributed by atoms with E-state index in [0.717, 1.165) is 13.0 Å². The van der Waals surface area contributed by atoms with E-state index >= 15 is 0 Å². The Bertz CT molecular complexity index is 376. The lowest BCUT2D eigenvalue weighted by atomic mass is 10.1. The molecule has 0 radical (unpaired) electrons. The maximum absolute atomic E-state index is 12.9. The second-order valence-corrected chi connectivity index (χ2v) is 2.88. The number of hydrogen-bond donors (Lipinski definition) is 2. The number of rotatable bonds is 1. The predicted octanol–water partition coefficient (Wildman–Crippen LogP) is 2.09. The van der Waals surface area contributed by atoms with E-state index in [1.54, 1.807) is 0 Å². The molecule has 1 aromatic rings. The van der Waals surface area contributed by atoms with Crippen LogP contribution in [0.1, 0.15) is 17.3 Å². The Hall–Kier alpha value is -1.29. The smallest absolute Gasteiger partial charge is 0.208 e. The van der Waals surface area contributed by atoms with Gasteiger partial charge in [-0.15, -0.1) is 0 Å². The van der Waals surface area contributed by atoms with Gasteiger partial charge in [-0.05, 0) is 13.0 Å². The molecule has 0 amide bonds. The van der Waals surface area contributed by atoms with E-state index in [0.29, 0.717) is 0 Å². The minimum Gasteiger partial charge on any atom is -0.504 e. The van der Waals surface area contributed by atoms with Crippen molar-refractivity contribution in [3.63, 3.8) is 0 Å². The standard InChI is InChI=1S/C8H6ClFO3/c1-3(11)4-2-5(9)8(13)6(10)7(4)12/h2,12-13H,1H3. The van der Waals surface area contributed by atoms with Gasteiger partial charge in [-0.3, -0.25) is 4.79 Å². The van der Waals surface area contributed by atoms with Crippen molar-refractivity contribution in [1.82, 2.24) is 0 Å². The van der Waals surface area contributed by atoms with E-state index in [2.05, 4.69) is 0 Å². The zero-order valence-electron chi connectivity index (χ0n) is 6.64. The first-order valence-electron chi connectivity index (χ1n) is 3.36. The number of aromatic hydroxyl groups is 2. The largest absolute Gasteiger partial charge is 0.504 e. The Morgan fingerprint density at radius 2 is 2.00 bits per heavy atom. The molecule has 2 N–H and O–H groups in total. The molecule has 0 aromatic heterocycles. The first kappa shape index (κ1) is 9.80. The summed E-state index contributed by atoms with van der Waals surface area (Å²) in [7, 11) is 0. The molecule has 0 saturated carbocycles. The number of ketones is 1. The number of phenolic OH excluding ortho intramolecular Hbond substituents is 2. The van der Waals surface area contributed by atoms with Gasteiger partial charge in [-0.25, -0.2) is 0 Å². The van der Waals surface area contributed by atoms with E-state index in [9.17, 15) is 9.18 Å². The fourth-order valence-electron chi connectivity index (χ4n) is 0.867. The third-order valence-electron chi connectivity index (χ3n) is 1.55. The summed E-state index contributed by atoms with van der Waals surface area (Å²) < 4.78 is 12.9. The van der Waals surface area contributed by atoms with Crippen molar-refractivity contribution in [1.29, 1.82) is 0 Å². The van der Waals surface area contributed by atoms with Crippen LogP contribution in [0, 0.1) is 5.82 Å². The van der Waals surface area contributed by atoms with Gasteiger partial charge in [0.2, 0.25) is 5.82 Å². The highest BCUT2D eigenvalue weighted by Gasteiger charge is 2.18. The van der Waals surface area contributed by atoms with Gasteiger partial charge in [-0.2, -0.15) is 4.39 Å². The van der Waals surface area contributed by atoms with E-state index in [4.69, 9.17) is 21.8 Å². The SMILES string of the molecule is CC(=O)c1cc(Cl)c(O)c(F)c1O. The van der Waals surface area contributed by atoms with Crippen molar-refractivity contribution < 1.29 is 19.4 Å². The minimum absolute atomic E-state index is 0.250. The molecule has 0 unspecified atom stereocenters. The van der Waals surface area contributed by atoms with Gasteiger partial charge < -0.3 is 10.2 Å². The average Bonchev–Trinajstić information content (AvgIpc) is 2.07. The zero-order chi connectivity index (χ0) is 10.2. The molecule has 0 fully saturated rings. The van der Waals surface area contributed by atoms with Crippen LogP contribution in [0.25, 0.3) is 0 Å². The van der Waals surface area contributed by atoms with Crippen LogP contribution in [-0.2, 0) is 0 Å². The first-order chi connectivity index (χ1) is 5.95. The molecule has 0 aliphatic carbocycles. The summed E-state index contributed by atoms with van der Waals surface area (Å²) in [5.74, 6) is -3.55. The van der Waals surface area contributed by atoms with E-state index < -0.39 is 23.1 Å². The third-order valence-corrected chi connectivity index (χ3v) is 1.84. The van der Waals surface area contributed by atoms with Gasteiger partial charge in [-0.1, -0.05) is 11.6 Å². The molecular formula is C8H6ClFO3. The second-order valence-electron chi connectivity index (χ2n) is 2.47. The summed E-state index contributed by atoms with van der Waals surface area (Å²) in [6, 6.07) is 1.01. The van der Waals surface area contributed by atoms with Crippen LogP contribution in [0.15, 0.2) is 6.07 Å². The molecule has 0 heterocycles. The quantitative estimate of drug-likeness (QED) is 0.689. The van der Waals surface area contributed by atoms with E-state index in [-0.39, 0.29) is 10.6 Å². The van der Waals surface area contributed by atoms with Gasteiger partial charge >= 0.3 is 0 Å². The normalized spacial score (nSPS) is 10.1. The molecule has 13 heavy (non-hydrogen) atoms. The number of phenols is 2. The third kappa shape index (κ3) is 1.58. The Morgan fingerprint density at radius 1 is 1.46 bits per heavy atom. The van der Waals surface area contributed by atoms with Crippen LogP contribution in [0.2, 0.25) is 5.02 Å². The number of benzene rings is 1. The molecular weight excluding hydrogens is 199 g/mol. The highest BCUT2D eigenvalue weighted by atomic mass is 35.5. The molecule has 1 rings (SSSR count). The van der Waals surface area contributed by atoms with Crippen molar-refractivity contribution in [2.45, 2.75) is 6.92 Å². The van der Waals surface area contributed by atoms with E-state index in [1.807, 2.05) is 0 Å². The lowest BCUT2D eigenvalue weighted by Crippen LogP contribution is -1.95. The molecule has 70 valence electrons. The Morgan fingerprint density at radius 3 is 2.46 bits per heavy atom. The maximum Gasteiger partial charge on any atom is 0.208 e. The summed E-state index contributed by atoms with van der Waals surface area (Å²) >= 11 is 5.38. The van der Waals surface area contributed by atoms with Crippen molar-refractivity contribution in [3.05, 3.63) is 22.5 Å². The maximum atomic E-state index is 12.9. The van der Waals surface area contributed by atoms with Gasteiger partial charge in [0, 0.05) is 0 Å². The van der Waals surface area contributed by atoms with Crippen LogP contribution in [-0.4, -0.2) is 16.0 Å². The molecule has 0 spiro atoms. The number of carbonyl (C=O) groups is 1. The molecule has 0 bridgehead atoms. The van der Waals surface area contributed by atoms with Crippen molar-refractivity contribution in [2.75, 3.05) is 0 Å². The molecule has 0 aliphatic heterocycles. The predicted molar refractivity (Wildman–Crippen MR) is 44.7 cm³/mol. The van der Waals surface area contributed by atoms with E-state index in [1.165, 1.54) is 0 Å². The number of hydrogen-bond acceptors (Lipinski definition) is 3. The topological polar surface area (TPSA) is 57.5 Å². The Labute approximate surface area is 78.4 Å². The molecule has 1 aromatic carbocycles. The van der Waals surface area contributed by atoms with Gasteiger partial charge in [0.25, 0.3) is 0 Å². The molecule has 0 atom stereocenters. The summed E-state index contributed by atoms with van der Waals surface area (Å²) in [4.78, 5) is 10.8. The van der Waals surface area contributed by atoms with Crippen molar-refractivity contribution in [2.24, 2.45) is 0 Å². The lowest BCUT2D eigenvalue weighted by molar-refractivity contribution is 0.101. The monoisotopic (exact) mass is 204 g/mol. The molecule has 0 saturated heterocycles. The highest BCUT2D eigenvalue weighted by Crippen LogP contribution is 2.35. The van der Waals surface area contributed by atoms with Crippen LogP contribution in [0.3, 0.4) is 0 Å². The first-order valence-corrected chi connectivity index (χ1v) is 3.73. The number of halogens is 2. The molecule has 3 nitrogen and oxygen atoms in total. The number of carbonyl (C=O) groups excluding carboxylic acids is 1. The van der Waals surface area contributed by atoms with Crippen LogP contribution in [0.4, 0.5) is 4.39 Å². The minimum atomic E-state index is -1.28. The summed E-state index contributed by atoms with van der Waals surface area (Å²) in [6.45, 7) is 1.15. The average molecular weight is 205 g/mol. The van der Waals surface area contributed by atoms with Crippen molar-refractivity contribution >= 4 is 17.4 Å². The Balaban J connectivity index is 3.50. The fraction of sp³-hybridized carbons (Fsp3) is 0.125. The lowest BCUT2D eigenvalue weighted by Gasteiger charge is -2.04. The summed E-state index contributed by atoms with van der Waals surface area (Å²) in [5.41, 5.74) is -0.250. The van der Waals surface area contributed by atoms with Crippen LogP contribution >= 0.6 is 11.6 Å². The summed E-state index contributed by atoms with van der Waals surface area (Å²) in [6.07, 6.45) is 0. The Kier molecular flexibility index (Phi) is 2.43. The highest BCUT2D eigenvalue weighted by molar-refractivity contribution is 6.32. The van der Waals surface area contributed by atoms with Gasteiger partial charge in [0.05, 0.1) is 10.6 Å².